The van der Waals surface area contributed by atoms with Gasteiger partial charge in [0.2, 0.25) is 53.2 Å². The predicted octanol–water partition coefficient (Wildman–Crippen LogP) is -1.23. The van der Waals surface area contributed by atoms with Crippen molar-refractivity contribution in [3.05, 3.63) is 35.9 Å². The highest BCUT2D eigenvalue weighted by molar-refractivity contribution is 8.00. The van der Waals surface area contributed by atoms with Crippen molar-refractivity contribution in [2.24, 2.45) is 23.3 Å². The number of urea groups is 1. The molecule has 1 saturated carbocycles. The standard InChI is InChI=1S/C44H67N11O11S/c45-34(56)18-17-30(51-41(62)28(22-36(58)55-66)20-26-12-4-5-13-26)43(64)52-31(21-27-10-2-1-3-11-27)42(63)49-23-37(59)48-24-38(60)50-29(40(46)61)14-8-9-19-47-35(57)16-7-6-15-33-39-32(25-67-33)53-44(65)54-39/h1-3,10-11,26,28-33,39,66H,4-9,12-25H2,(H2,45,56)(H2,46,61)(H,47,57)(H,48,59)(H,49,63)(H,50,60)(H,51,62)(H,52,64)(H,55,58)(H2,53,54,65)/t28?,29-,30-,31-,32-,33-,39-/m0/s1. The minimum atomic E-state index is -1.35. The third-order valence-electron chi connectivity index (χ3n) is 12.1. The van der Waals surface area contributed by atoms with E-state index < -0.39 is 84.4 Å². The highest BCUT2D eigenvalue weighted by Gasteiger charge is 2.42. The molecule has 14 N–H and O–H groups in total. The van der Waals surface area contributed by atoms with Crippen molar-refractivity contribution in [2.75, 3.05) is 25.4 Å². The topological polar surface area (TPSA) is 351 Å². The number of thioether (sulfide) groups is 1. The molecular formula is C44H67N11O11S. The Morgan fingerprint density at radius 2 is 1.43 bits per heavy atom. The maximum atomic E-state index is 13.8. The van der Waals surface area contributed by atoms with Gasteiger partial charge in [-0.25, -0.2) is 10.3 Å². The van der Waals surface area contributed by atoms with Crippen LogP contribution in [0.1, 0.15) is 102 Å². The van der Waals surface area contributed by atoms with E-state index in [-0.39, 0.29) is 62.0 Å². The fraction of sp³-hybridized carbons (Fsp3) is 0.636. The lowest BCUT2D eigenvalue weighted by molar-refractivity contribution is -0.137. The zero-order valence-electron chi connectivity index (χ0n) is 37.7. The van der Waals surface area contributed by atoms with Crippen LogP contribution in [0.2, 0.25) is 0 Å². The normalized spacial score (nSPS) is 19.2. The van der Waals surface area contributed by atoms with Gasteiger partial charge in [-0.2, -0.15) is 11.8 Å². The fourth-order valence-corrected chi connectivity index (χ4v) is 10.0. The van der Waals surface area contributed by atoms with Gasteiger partial charge >= 0.3 is 6.03 Å². The summed E-state index contributed by atoms with van der Waals surface area (Å²) in [6, 6.07) is 5.14. The van der Waals surface area contributed by atoms with Crippen molar-refractivity contribution in [2.45, 2.75) is 138 Å². The molecule has 370 valence electrons. The summed E-state index contributed by atoms with van der Waals surface area (Å²) in [5.74, 6) is -5.97. The first-order valence-electron chi connectivity index (χ1n) is 23.1. The van der Waals surface area contributed by atoms with Crippen LogP contribution in [0.5, 0.6) is 0 Å². The molecule has 2 saturated heterocycles. The van der Waals surface area contributed by atoms with Crippen LogP contribution in [0.3, 0.4) is 0 Å². The van der Waals surface area contributed by atoms with Crippen LogP contribution >= 0.6 is 11.8 Å². The molecule has 1 aromatic rings. The second-order valence-corrected chi connectivity index (χ2v) is 18.6. The smallest absolute Gasteiger partial charge is 0.315 e. The SMILES string of the molecule is NC(=O)CC[C@H](NC(=O)C(CC(=O)NO)CC1CCCC1)C(=O)N[C@@H](Cc1ccccc1)C(=O)NCC(=O)NCC(=O)N[C@@H](CCCCNC(=O)CCCC[C@@H]1SC[C@@H]2NC(=O)N[C@@H]21)C(N)=O. The number of hydrogen-bond donors (Lipinski definition) is 12. The van der Waals surface area contributed by atoms with Crippen molar-refractivity contribution in [1.82, 2.24) is 48.0 Å². The summed E-state index contributed by atoms with van der Waals surface area (Å²) in [6.07, 6.45) is 7.16. The van der Waals surface area contributed by atoms with Crippen LogP contribution < -0.4 is 59.5 Å². The number of nitrogens with two attached hydrogens (primary N) is 2. The van der Waals surface area contributed by atoms with Gasteiger partial charge in [0.1, 0.15) is 18.1 Å². The second-order valence-electron chi connectivity index (χ2n) is 17.4. The third kappa shape index (κ3) is 19.4. The predicted molar refractivity (Wildman–Crippen MR) is 245 cm³/mol. The minimum absolute atomic E-state index is 0.0384. The molecule has 2 heterocycles. The Balaban J connectivity index is 1.20. The number of primary amides is 2. The molecule has 11 amide bonds. The van der Waals surface area contributed by atoms with Crippen molar-refractivity contribution in [1.29, 1.82) is 0 Å². The quantitative estimate of drug-likeness (QED) is 0.0187. The first kappa shape index (κ1) is 53.6. The van der Waals surface area contributed by atoms with E-state index in [1.165, 1.54) is 5.48 Å². The van der Waals surface area contributed by atoms with E-state index in [2.05, 4.69) is 42.5 Å². The molecule has 67 heavy (non-hydrogen) atoms. The summed E-state index contributed by atoms with van der Waals surface area (Å²) in [4.78, 5) is 126. The van der Waals surface area contributed by atoms with Gasteiger partial charge in [0.05, 0.1) is 25.2 Å². The number of carbonyl (C=O) groups excluding carboxylic acids is 10. The largest absolute Gasteiger partial charge is 0.370 e. The molecule has 23 heteroatoms. The average Bonchev–Trinajstić information content (AvgIpc) is 4.05. The Kier molecular flexibility index (Phi) is 22.6. The molecule has 1 unspecified atom stereocenters. The van der Waals surface area contributed by atoms with Crippen molar-refractivity contribution in [3.63, 3.8) is 0 Å². The van der Waals surface area contributed by atoms with Crippen LogP contribution in [0.15, 0.2) is 30.3 Å². The first-order chi connectivity index (χ1) is 32.1. The third-order valence-corrected chi connectivity index (χ3v) is 13.6. The van der Waals surface area contributed by atoms with Crippen molar-refractivity contribution >= 4 is 71.0 Å². The number of rotatable bonds is 30. The van der Waals surface area contributed by atoms with E-state index in [4.69, 9.17) is 16.7 Å². The average molecular weight is 958 g/mol. The lowest BCUT2D eigenvalue weighted by Crippen LogP contribution is -2.56. The maximum absolute atomic E-state index is 13.8. The summed E-state index contributed by atoms with van der Waals surface area (Å²) >= 11 is 1.83. The fourth-order valence-electron chi connectivity index (χ4n) is 8.50. The molecule has 0 spiro atoms. The number of hydroxylamine groups is 1. The number of carbonyl (C=O) groups is 10. The Hall–Kier alpha value is -5.97. The van der Waals surface area contributed by atoms with Gasteiger partial charge in [-0.15, -0.1) is 0 Å². The summed E-state index contributed by atoms with van der Waals surface area (Å²) in [5, 5.41) is 30.7. The van der Waals surface area contributed by atoms with Gasteiger partial charge in [-0.3, -0.25) is 48.4 Å². The first-order valence-corrected chi connectivity index (χ1v) is 24.1. The number of benzene rings is 1. The molecule has 22 nitrogen and oxygen atoms in total. The number of hydrogen-bond acceptors (Lipinski definition) is 12. The van der Waals surface area contributed by atoms with Crippen LogP contribution in [0.4, 0.5) is 4.79 Å². The van der Waals surface area contributed by atoms with E-state index in [1.807, 2.05) is 11.8 Å². The molecule has 4 rings (SSSR count). The molecule has 0 aromatic heterocycles. The highest BCUT2D eigenvalue weighted by atomic mass is 32.2. The summed E-state index contributed by atoms with van der Waals surface area (Å²) in [5.41, 5.74) is 13.1. The molecular weight excluding hydrogens is 891 g/mol. The van der Waals surface area contributed by atoms with Gasteiger partial charge in [0.15, 0.2) is 0 Å². The van der Waals surface area contributed by atoms with Crippen LogP contribution in [0.25, 0.3) is 0 Å². The molecule has 0 bridgehead atoms. The highest BCUT2D eigenvalue weighted by Crippen LogP contribution is 2.33. The Bertz CT molecular complexity index is 1890. The summed E-state index contributed by atoms with van der Waals surface area (Å²) in [6.45, 7) is -0.780. The Labute approximate surface area is 393 Å². The Morgan fingerprint density at radius 3 is 2.13 bits per heavy atom. The molecule has 3 fully saturated rings. The van der Waals surface area contributed by atoms with E-state index in [0.717, 1.165) is 50.7 Å². The van der Waals surface area contributed by atoms with E-state index in [0.29, 0.717) is 43.0 Å². The molecule has 3 aliphatic rings. The van der Waals surface area contributed by atoms with E-state index >= 15 is 0 Å². The summed E-state index contributed by atoms with van der Waals surface area (Å²) < 4.78 is 0. The Morgan fingerprint density at radius 1 is 0.716 bits per heavy atom. The van der Waals surface area contributed by atoms with Crippen molar-refractivity contribution < 1.29 is 53.2 Å². The zero-order valence-corrected chi connectivity index (χ0v) is 38.6. The van der Waals surface area contributed by atoms with Crippen LogP contribution in [0, 0.1) is 11.8 Å². The maximum Gasteiger partial charge on any atom is 0.315 e. The van der Waals surface area contributed by atoms with Gasteiger partial charge in [-0.1, -0.05) is 62.4 Å². The number of unbranched alkanes of at least 4 members (excludes halogenated alkanes) is 2. The second kappa shape index (κ2) is 28.3. The van der Waals surface area contributed by atoms with Gasteiger partial charge in [0, 0.05) is 49.1 Å². The van der Waals surface area contributed by atoms with E-state index in [1.54, 1.807) is 30.3 Å². The van der Waals surface area contributed by atoms with E-state index in [9.17, 15) is 47.9 Å². The number of amides is 11. The van der Waals surface area contributed by atoms with Gasteiger partial charge < -0.3 is 54.0 Å². The molecule has 7 atom stereocenters. The molecule has 2 aliphatic heterocycles. The van der Waals surface area contributed by atoms with Gasteiger partial charge in [0.25, 0.3) is 0 Å². The van der Waals surface area contributed by atoms with Crippen LogP contribution in [-0.4, -0.2) is 125 Å². The molecule has 0 radical (unpaired) electrons. The minimum Gasteiger partial charge on any atom is -0.370 e. The summed E-state index contributed by atoms with van der Waals surface area (Å²) in [7, 11) is 0. The number of fused-ring (bicyclic) bond motifs is 1. The van der Waals surface area contributed by atoms with Crippen LogP contribution in [-0.2, 0) is 49.6 Å². The molecule has 1 aromatic carbocycles. The van der Waals surface area contributed by atoms with Crippen molar-refractivity contribution in [3.8, 4) is 0 Å². The molecule has 1 aliphatic carbocycles. The lowest BCUT2D eigenvalue weighted by Gasteiger charge is -2.25. The zero-order chi connectivity index (χ0) is 48.7. The van der Waals surface area contributed by atoms with Gasteiger partial charge in [-0.05, 0) is 56.4 Å². The lowest BCUT2D eigenvalue weighted by atomic mass is 9.89. The number of nitrogens with one attached hydrogen (secondary N) is 9. The monoisotopic (exact) mass is 957 g/mol.